The van der Waals surface area contributed by atoms with Gasteiger partial charge in [-0.05, 0) is 33.5 Å². The van der Waals surface area contributed by atoms with Crippen molar-refractivity contribution in [2.45, 2.75) is 25.9 Å². The number of hydrogen-bond donors (Lipinski definition) is 1. The third kappa shape index (κ3) is 3.13. The molecule has 0 amide bonds. The lowest BCUT2D eigenvalue weighted by atomic mass is 9.99. The number of anilines is 1. The fourth-order valence-electron chi connectivity index (χ4n) is 3.77. The van der Waals surface area contributed by atoms with Crippen molar-refractivity contribution in [3.8, 4) is 0 Å². The third-order valence-electron chi connectivity index (χ3n) is 4.96. The SMILES string of the molecule is Cc1nnc2c3ccccc3c(NC(C)C(c3ccccc3)N(C)C)nn12. The van der Waals surface area contributed by atoms with Crippen molar-refractivity contribution in [2.75, 3.05) is 19.4 Å². The van der Waals surface area contributed by atoms with Gasteiger partial charge in [0.05, 0.1) is 6.04 Å². The monoisotopic (exact) mass is 360 g/mol. The quantitative estimate of drug-likeness (QED) is 0.588. The van der Waals surface area contributed by atoms with E-state index in [1.165, 1.54) is 5.56 Å². The number of hydrogen-bond acceptors (Lipinski definition) is 5. The first-order valence-corrected chi connectivity index (χ1v) is 9.15. The molecule has 0 aliphatic rings. The highest BCUT2D eigenvalue weighted by Gasteiger charge is 2.23. The molecule has 4 aromatic rings. The summed E-state index contributed by atoms with van der Waals surface area (Å²) in [7, 11) is 4.21. The summed E-state index contributed by atoms with van der Waals surface area (Å²) in [6.07, 6.45) is 0. The molecular weight excluding hydrogens is 336 g/mol. The van der Waals surface area contributed by atoms with Gasteiger partial charge >= 0.3 is 0 Å². The summed E-state index contributed by atoms with van der Waals surface area (Å²) in [6, 6.07) is 19.1. The molecule has 2 atom stereocenters. The fourth-order valence-corrected chi connectivity index (χ4v) is 3.77. The van der Waals surface area contributed by atoms with Crippen LogP contribution in [0.25, 0.3) is 16.4 Å². The largest absolute Gasteiger partial charge is 0.364 e. The molecule has 0 saturated heterocycles. The summed E-state index contributed by atoms with van der Waals surface area (Å²) in [5, 5.41) is 19.0. The second-order valence-corrected chi connectivity index (χ2v) is 7.13. The Balaban J connectivity index is 1.78. The van der Waals surface area contributed by atoms with Gasteiger partial charge in [-0.15, -0.1) is 15.3 Å². The summed E-state index contributed by atoms with van der Waals surface area (Å²) >= 11 is 0. The molecule has 1 N–H and O–H groups in total. The molecule has 0 aliphatic heterocycles. The first-order valence-electron chi connectivity index (χ1n) is 9.15. The van der Waals surface area contributed by atoms with Gasteiger partial charge in [-0.2, -0.15) is 4.52 Å². The van der Waals surface area contributed by atoms with Crippen molar-refractivity contribution in [3.63, 3.8) is 0 Å². The number of benzene rings is 2. The zero-order chi connectivity index (χ0) is 19.0. The number of likely N-dealkylation sites (N-methyl/N-ethyl adjacent to an activating group) is 1. The molecule has 2 unspecified atom stereocenters. The molecule has 138 valence electrons. The second kappa shape index (κ2) is 6.96. The number of aryl methyl sites for hydroxylation is 1. The van der Waals surface area contributed by atoms with E-state index in [1.54, 1.807) is 0 Å². The van der Waals surface area contributed by atoms with Crippen LogP contribution in [0.3, 0.4) is 0 Å². The van der Waals surface area contributed by atoms with Crippen molar-refractivity contribution < 1.29 is 0 Å². The van der Waals surface area contributed by atoms with Crippen molar-refractivity contribution in [3.05, 3.63) is 66.0 Å². The molecular formula is C21H24N6. The molecule has 2 aromatic heterocycles. The Morgan fingerprint density at radius 3 is 2.30 bits per heavy atom. The van der Waals surface area contributed by atoms with E-state index in [0.29, 0.717) is 0 Å². The second-order valence-electron chi connectivity index (χ2n) is 7.13. The summed E-state index contributed by atoms with van der Waals surface area (Å²) < 4.78 is 1.81. The van der Waals surface area contributed by atoms with Crippen LogP contribution >= 0.6 is 0 Å². The van der Waals surface area contributed by atoms with Gasteiger partial charge in [0.25, 0.3) is 0 Å². The highest BCUT2D eigenvalue weighted by molar-refractivity contribution is 5.99. The van der Waals surface area contributed by atoms with Gasteiger partial charge in [-0.3, -0.25) is 0 Å². The normalized spacial score (nSPS) is 14.0. The molecule has 0 saturated carbocycles. The number of rotatable bonds is 5. The van der Waals surface area contributed by atoms with Crippen LogP contribution in [0.1, 0.15) is 24.4 Å². The molecule has 27 heavy (non-hydrogen) atoms. The molecule has 6 heteroatoms. The average molecular weight is 360 g/mol. The predicted molar refractivity (Wildman–Crippen MR) is 109 cm³/mol. The van der Waals surface area contributed by atoms with Crippen LogP contribution in [-0.4, -0.2) is 44.8 Å². The van der Waals surface area contributed by atoms with Crippen LogP contribution in [-0.2, 0) is 0 Å². The van der Waals surface area contributed by atoms with Crippen LogP contribution in [0.15, 0.2) is 54.6 Å². The zero-order valence-corrected chi connectivity index (χ0v) is 16.1. The van der Waals surface area contributed by atoms with Crippen LogP contribution in [0.5, 0.6) is 0 Å². The van der Waals surface area contributed by atoms with E-state index >= 15 is 0 Å². The highest BCUT2D eigenvalue weighted by Crippen LogP contribution is 2.29. The molecule has 4 rings (SSSR count). The van der Waals surface area contributed by atoms with Gasteiger partial charge < -0.3 is 10.2 Å². The first-order chi connectivity index (χ1) is 13.1. The van der Waals surface area contributed by atoms with Crippen LogP contribution in [0.2, 0.25) is 0 Å². The lowest BCUT2D eigenvalue weighted by Gasteiger charge is -2.31. The number of nitrogens with one attached hydrogen (secondary N) is 1. The molecule has 0 radical (unpaired) electrons. The third-order valence-corrected chi connectivity index (χ3v) is 4.96. The van der Waals surface area contributed by atoms with Gasteiger partial charge in [-0.25, -0.2) is 0 Å². The van der Waals surface area contributed by atoms with E-state index < -0.39 is 0 Å². The lowest BCUT2D eigenvalue weighted by molar-refractivity contribution is 0.275. The van der Waals surface area contributed by atoms with E-state index in [1.807, 2.05) is 29.6 Å². The Morgan fingerprint density at radius 1 is 0.926 bits per heavy atom. The first kappa shape index (κ1) is 17.4. The molecule has 0 spiro atoms. The minimum Gasteiger partial charge on any atom is -0.364 e. The summed E-state index contributed by atoms with van der Waals surface area (Å²) in [5.74, 6) is 1.62. The van der Waals surface area contributed by atoms with E-state index in [9.17, 15) is 0 Å². The lowest BCUT2D eigenvalue weighted by Crippen LogP contribution is -2.34. The van der Waals surface area contributed by atoms with Crippen LogP contribution < -0.4 is 5.32 Å². The Hall–Kier alpha value is -2.99. The van der Waals surface area contributed by atoms with Crippen molar-refractivity contribution >= 4 is 22.2 Å². The predicted octanol–water partition coefficient (Wildman–Crippen LogP) is 3.69. The van der Waals surface area contributed by atoms with E-state index in [-0.39, 0.29) is 12.1 Å². The van der Waals surface area contributed by atoms with Crippen molar-refractivity contribution in [1.29, 1.82) is 0 Å². The molecule has 2 aromatic carbocycles. The molecule has 0 aliphatic carbocycles. The Bertz CT molecular complexity index is 1070. The molecule has 0 fully saturated rings. The average Bonchev–Trinajstić information content (AvgIpc) is 3.04. The maximum Gasteiger partial charge on any atom is 0.185 e. The van der Waals surface area contributed by atoms with Crippen LogP contribution in [0, 0.1) is 6.92 Å². The maximum atomic E-state index is 4.80. The summed E-state index contributed by atoms with van der Waals surface area (Å²) in [6.45, 7) is 4.11. The Morgan fingerprint density at radius 2 is 1.59 bits per heavy atom. The number of fused-ring (bicyclic) bond motifs is 3. The summed E-state index contributed by atoms with van der Waals surface area (Å²) in [4.78, 5) is 2.23. The van der Waals surface area contributed by atoms with E-state index in [0.717, 1.165) is 28.1 Å². The van der Waals surface area contributed by atoms with Crippen LogP contribution in [0.4, 0.5) is 5.82 Å². The minimum absolute atomic E-state index is 0.146. The van der Waals surface area contributed by atoms with Gasteiger partial charge in [-0.1, -0.05) is 54.6 Å². The van der Waals surface area contributed by atoms with Gasteiger partial charge in [0.2, 0.25) is 0 Å². The van der Waals surface area contributed by atoms with Gasteiger partial charge in [0.15, 0.2) is 17.3 Å². The molecule has 2 heterocycles. The molecule has 6 nitrogen and oxygen atoms in total. The minimum atomic E-state index is 0.146. The number of aromatic nitrogens is 4. The smallest absolute Gasteiger partial charge is 0.185 e. The standard InChI is InChI=1S/C21H24N6/c1-14(19(26(3)4)16-10-6-5-7-11-16)22-20-17-12-8-9-13-18(17)21-24-23-15(2)27(21)25-20/h5-14,19H,1-4H3,(H,22,25). The van der Waals surface area contributed by atoms with Crippen molar-refractivity contribution in [2.24, 2.45) is 0 Å². The van der Waals surface area contributed by atoms with E-state index in [2.05, 4.69) is 77.8 Å². The van der Waals surface area contributed by atoms with E-state index in [4.69, 9.17) is 5.10 Å². The Labute approximate surface area is 158 Å². The Kier molecular flexibility index (Phi) is 4.49. The van der Waals surface area contributed by atoms with Crippen molar-refractivity contribution in [1.82, 2.24) is 24.7 Å². The number of nitrogens with zero attached hydrogens (tertiary/aromatic N) is 5. The highest BCUT2D eigenvalue weighted by atomic mass is 15.4. The fraction of sp³-hybridized carbons (Fsp3) is 0.286. The maximum absolute atomic E-state index is 4.80. The molecule has 0 bridgehead atoms. The summed E-state index contributed by atoms with van der Waals surface area (Å²) in [5.41, 5.74) is 2.06. The van der Waals surface area contributed by atoms with Gasteiger partial charge in [0, 0.05) is 16.8 Å². The zero-order valence-electron chi connectivity index (χ0n) is 16.1. The van der Waals surface area contributed by atoms with Gasteiger partial charge in [0.1, 0.15) is 0 Å². The topological polar surface area (TPSA) is 58.4 Å².